The smallest absolute Gasteiger partial charge is 0.244 e. The Morgan fingerprint density at radius 1 is 1.08 bits per heavy atom. The van der Waals surface area contributed by atoms with E-state index < -0.39 is 0 Å². The van der Waals surface area contributed by atoms with Gasteiger partial charge in [0.05, 0.1) is 0 Å². The molecule has 0 spiro atoms. The Balaban J connectivity index is 1.60. The molecule has 1 amide bonds. The van der Waals surface area contributed by atoms with Gasteiger partial charge in [-0.3, -0.25) is 4.79 Å². The summed E-state index contributed by atoms with van der Waals surface area (Å²) in [7, 11) is 0. The third-order valence-electron chi connectivity index (χ3n) is 4.58. The first-order valence-electron chi connectivity index (χ1n) is 8.93. The SMILES string of the molecule is Cc1ccc(Sc2ccc(N[C@@H](C)C(=O)N3CCCC3)cc2)c(C)c1. The van der Waals surface area contributed by atoms with Crippen molar-refractivity contribution in [2.75, 3.05) is 18.4 Å². The minimum absolute atomic E-state index is 0.184. The maximum Gasteiger partial charge on any atom is 0.244 e. The predicted molar refractivity (Wildman–Crippen MR) is 105 cm³/mol. The highest BCUT2D eigenvalue weighted by molar-refractivity contribution is 7.99. The van der Waals surface area contributed by atoms with Gasteiger partial charge >= 0.3 is 0 Å². The highest BCUT2D eigenvalue weighted by Gasteiger charge is 2.22. The van der Waals surface area contributed by atoms with E-state index in [1.807, 2.05) is 11.8 Å². The topological polar surface area (TPSA) is 32.3 Å². The first kappa shape index (κ1) is 17.9. The van der Waals surface area contributed by atoms with E-state index in [-0.39, 0.29) is 11.9 Å². The van der Waals surface area contributed by atoms with Crippen LogP contribution in [0.15, 0.2) is 52.3 Å². The first-order chi connectivity index (χ1) is 12.0. The number of nitrogens with one attached hydrogen (secondary N) is 1. The normalized spacial score (nSPS) is 15.2. The molecule has 4 heteroatoms. The summed E-state index contributed by atoms with van der Waals surface area (Å²) in [5.74, 6) is 0.200. The number of hydrogen-bond acceptors (Lipinski definition) is 3. The Kier molecular flexibility index (Phi) is 5.69. The molecular weight excluding hydrogens is 328 g/mol. The lowest BCUT2D eigenvalue weighted by molar-refractivity contribution is -0.130. The van der Waals surface area contributed by atoms with Crippen molar-refractivity contribution in [1.29, 1.82) is 0 Å². The number of carbonyl (C=O) groups excluding carboxylic acids is 1. The zero-order chi connectivity index (χ0) is 17.8. The van der Waals surface area contributed by atoms with Gasteiger partial charge in [0.15, 0.2) is 0 Å². The molecule has 1 heterocycles. The van der Waals surface area contributed by atoms with Crippen LogP contribution in [-0.2, 0) is 4.79 Å². The molecule has 0 aromatic heterocycles. The molecular formula is C21H26N2OS. The zero-order valence-electron chi connectivity index (χ0n) is 15.2. The second kappa shape index (κ2) is 7.96. The molecule has 1 atom stereocenters. The lowest BCUT2D eigenvalue weighted by Crippen LogP contribution is -2.39. The van der Waals surface area contributed by atoms with Crippen LogP contribution < -0.4 is 5.32 Å². The molecule has 1 aliphatic rings. The van der Waals surface area contributed by atoms with Crippen molar-refractivity contribution in [3.05, 3.63) is 53.6 Å². The summed E-state index contributed by atoms with van der Waals surface area (Å²) in [6.45, 7) is 8.01. The summed E-state index contributed by atoms with van der Waals surface area (Å²) < 4.78 is 0. The van der Waals surface area contributed by atoms with Crippen LogP contribution in [0.2, 0.25) is 0 Å². The van der Waals surface area contributed by atoms with E-state index >= 15 is 0 Å². The molecule has 132 valence electrons. The highest BCUT2D eigenvalue weighted by atomic mass is 32.2. The Labute approximate surface area is 154 Å². The van der Waals surface area contributed by atoms with E-state index in [0.29, 0.717) is 0 Å². The number of aryl methyl sites for hydroxylation is 2. The molecule has 3 nitrogen and oxygen atoms in total. The van der Waals surface area contributed by atoms with Gasteiger partial charge in [-0.1, -0.05) is 29.5 Å². The molecule has 1 aliphatic heterocycles. The summed E-state index contributed by atoms with van der Waals surface area (Å²) in [4.78, 5) is 16.8. The van der Waals surface area contributed by atoms with Gasteiger partial charge in [-0.05, 0) is 69.5 Å². The van der Waals surface area contributed by atoms with Gasteiger partial charge in [-0.25, -0.2) is 0 Å². The molecule has 0 saturated carbocycles. The van der Waals surface area contributed by atoms with Gasteiger partial charge in [0.25, 0.3) is 0 Å². The summed E-state index contributed by atoms with van der Waals surface area (Å²) in [6, 6.07) is 14.7. The average molecular weight is 355 g/mol. The van der Waals surface area contributed by atoms with Crippen molar-refractivity contribution in [2.24, 2.45) is 0 Å². The molecule has 1 N–H and O–H groups in total. The molecule has 0 radical (unpaired) electrons. The van der Waals surface area contributed by atoms with Gasteiger partial charge in [0.1, 0.15) is 6.04 Å². The van der Waals surface area contributed by atoms with Crippen LogP contribution in [0.5, 0.6) is 0 Å². The molecule has 1 saturated heterocycles. The maximum atomic E-state index is 12.4. The zero-order valence-corrected chi connectivity index (χ0v) is 16.0. The summed E-state index contributed by atoms with van der Waals surface area (Å²) in [5.41, 5.74) is 3.58. The number of hydrogen-bond donors (Lipinski definition) is 1. The van der Waals surface area contributed by atoms with Gasteiger partial charge in [-0.2, -0.15) is 0 Å². The van der Waals surface area contributed by atoms with Crippen LogP contribution in [-0.4, -0.2) is 29.9 Å². The van der Waals surface area contributed by atoms with Crippen molar-refractivity contribution < 1.29 is 4.79 Å². The summed E-state index contributed by atoms with van der Waals surface area (Å²) >= 11 is 1.77. The third kappa shape index (κ3) is 4.57. The quantitative estimate of drug-likeness (QED) is 0.831. The fourth-order valence-electron chi connectivity index (χ4n) is 3.18. The molecule has 1 fully saturated rings. The van der Waals surface area contributed by atoms with Crippen LogP contribution >= 0.6 is 11.8 Å². The lowest BCUT2D eigenvalue weighted by Gasteiger charge is -2.22. The fraction of sp³-hybridized carbons (Fsp3) is 0.381. The standard InChI is InChI=1S/C21H26N2OS/c1-15-6-11-20(16(2)14-15)25-19-9-7-18(8-10-19)22-17(3)21(24)23-12-4-5-13-23/h6-11,14,17,22H,4-5,12-13H2,1-3H3/t17-/m0/s1. The van der Waals surface area contributed by atoms with Crippen molar-refractivity contribution in [2.45, 2.75) is 49.4 Å². The fourth-order valence-corrected chi connectivity index (χ4v) is 4.07. The van der Waals surface area contributed by atoms with Gasteiger partial charge in [0, 0.05) is 28.6 Å². The maximum absolute atomic E-state index is 12.4. The van der Waals surface area contributed by atoms with Crippen molar-refractivity contribution >= 4 is 23.4 Å². The van der Waals surface area contributed by atoms with E-state index in [9.17, 15) is 4.79 Å². The van der Waals surface area contributed by atoms with Crippen LogP contribution in [0.1, 0.15) is 30.9 Å². The van der Waals surface area contributed by atoms with Crippen molar-refractivity contribution in [3.63, 3.8) is 0 Å². The molecule has 3 rings (SSSR count). The first-order valence-corrected chi connectivity index (χ1v) is 9.75. The van der Waals surface area contributed by atoms with Crippen molar-refractivity contribution in [1.82, 2.24) is 4.90 Å². The number of carbonyl (C=O) groups is 1. The molecule has 0 aliphatic carbocycles. The van der Waals surface area contributed by atoms with Crippen LogP contribution in [0.4, 0.5) is 5.69 Å². The molecule has 25 heavy (non-hydrogen) atoms. The van der Waals surface area contributed by atoms with Crippen molar-refractivity contribution in [3.8, 4) is 0 Å². The van der Waals surface area contributed by atoms with Crippen LogP contribution in [0, 0.1) is 13.8 Å². The average Bonchev–Trinajstić information content (AvgIpc) is 3.13. The Hall–Kier alpha value is -1.94. The molecule has 0 bridgehead atoms. The molecule has 2 aromatic rings. The van der Waals surface area contributed by atoms with E-state index in [1.165, 1.54) is 20.9 Å². The van der Waals surface area contributed by atoms with E-state index in [1.54, 1.807) is 11.8 Å². The van der Waals surface area contributed by atoms with Gasteiger partial charge < -0.3 is 10.2 Å². The minimum atomic E-state index is -0.184. The number of amides is 1. The number of anilines is 1. The Morgan fingerprint density at radius 3 is 2.40 bits per heavy atom. The van der Waals surface area contributed by atoms with Gasteiger partial charge in [-0.15, -0.1) is 0 Å². The van der Waals surface area contributed by atoms with E-state index in [2.05, 4.69) is 61.6 Å². The van der Waals surface area contributed by atoms with E-state index in [0.717, 1.165) is 31.6 Å². The summed E-state index contributed by atoms with van der Waals surface area (Å²) in [6.07, 6.45) is 2.26. The minimum Gasteiger partial charge on any atom is -0.374 e. The number of benzene rings is 2. The largest absolute Gasteiger partial charge is 0.374 e. The molecule has 2 aromatic carbocycles. The lowest BCUT2D eigenvalue weighted by atomic mass is 10.2. The monoisotopic (exact) mass is 354 g/mol. The number of rotatable bonds is 5. The second-order valence-corrected chi connectivity index (χ2v) is 7.91. The van der Waals surface area contributed by atoms with Crippen LogP contribution in [0.3, 0.4) is 0 Å². The molecule has 0 unspecified atom stereocenters. The Bertz CT molecular complexity index is 736. The predicted octanol–water partition coefficient (Wildman–Crippen LogP) is 4.88. The number of likely N-dealkylation sites (tertiary alicyclic amines) is 1. The third-order valence-corrected chi connectivity index (χ3v) is 5.77. The Morgan fingerprint density at radius 2 is 1.76 bits per heavy atom. The highest BCUT2D eigenvalue weighted by Crippen LogP contribution is 2.31. The van der Waals surface area contributed by atoms with Crippen LogP contribution in [0.25, 0.3) is 0 Å². The summed E-state index contributed by atoms with van der Waals surface area (Å²) in [5, 5.41) is 3.33. The second-order valence-electron chi connectivity index (χ2n) is 6.79. The van der Waals surface area contributed by atoms with Gasteiger partial charge in [0.2, 0.25) is 5.91 Å². The number of nitrogens with zero attached hydrogens (tertiary/aromatic N) is 1. The van der Waals surface area contributed by atoms with E-state index in [4.69, 9.17) is 0 Å².